The van der Waals surface area contributed by atoms with Gasteiger partial charge in [0.2, 0.25) is 0 Å². The summed E-state index contributed by atoms with van der Waals surface area (Å²) in [6.07, 6.45) is 9.08. The van der Waals surface area contributed by atoms with Gasteiger partial charge in [-0.3, -0.25) is 14.6 Å². The lowest BCUT2D eigenvalue weighted by molar-refractivity contribution is -0.138. The fourth-order valence-electron chi connectivity index (χ4n) is 3.59. The molecule has 0 spiro atoms. The molecular formula is C23H28N4O4. The van der Waals surface area contributed by atoms with Crippen molar-refractivity contribution in [2.75, 3.05) is 19.6 Å². The number of piperidine rings is 1. The van der Waals surface area contributed by atoms with Crippen molar-refractivity contribution >= 4 is 11.9 Å². The summed E-state index contributed by atoms with van der Waals surface area (Å²) in [7, 11) is 0. The Morgan fingerprint density at radius 3 is 2.81 bits per heavy atom. The van der Waals surface area contributed by atoms with E-state index < -0.39 is 5.97 Å². The van der Waals surface area contributed by atoms with E-state index in [2.05, 4.69) is 16.5 Å². The summed E-state index contributed by atoms with van der Waals surface area (Å²) in [4.78, 5) is 33.0. The number of carbonyl (C=O) groups is 2. The molecule has 1 amide bonds. The van der Waals surface area contributed by atoms with E-state index in [4.69, 9.17) is 15.6 Å². The number of aliphatic carboxylic acids is 1. The van der Waals surface area contributed by atoms with Gasteiger partial charge in [-0.1, -0.05) is 6.58 Å². The van der Waals surface area contributed by atoms with E-state index in [0.717, 1.165) is 0 Å². The Bertz CT molecular complexity index is 958. The summed E-state index contributed by atoms with van der Waals surface area (Å²) >= 11 is 0. The number of allylic oxidation sites excluding steroid dienone is 1. The lowest BCUT2D eigenvalue weighted by Gasteiger charge is -2.31. The summed E-state index contributed by atoms with van der Waals surface area (Å²) < 4.78 is 5.83. The molecule has 0 aromatic carbocycles. The van der Waals surface area contributed by atoms with Crippen molar-refractivity contribution in [1.29, 1.82) is 0 Å². The highest BCUT2D eigenvalue weighted by Gasteiger charge is 2.25. The van der Waals surface area contributed by atoms with Crippen LogP contribution in [0.4, 0.5) is 0 Å². The maximum atomic E-state index is 12.8. The number of hydrogen-bond acceptors (Lipinski definition) is 5. The van der Waals surface area contributed by atoms with Gasteiger partial charge in [0.05, 0.1) is 17.0 Å². The topological polar surface area (TPSA) is 122 Å². The smallest absolute Gasteiger partial charge is 0.303 e. The van der Waals surface area contributed by atoms with E-state index in [-0.39, 0.29) is 18.2 Å². The van der Waals surface area contributed by atoms with Crippen LogP contribution in [0.5, 0.6) is 5.75 Å². The van der Waals surface area contributed by atoms with Crippen LogP contribution in [-0.4, -0.2) is 51.5 Å². The van der Waals surface area contributed by atoms with Crippen LogP contribution in [0.25, 0.3) is 11.4 Å². The van der Waals surface area contributed by atoms with Gasteiger partial charge in [0, 0.05) is 38.0 Å². The molecule has 8 heteroatoms. The van der Waals surface area contributed by atoms with Gasteiger partial charge < -0.3 is 25.5 Å². The van der Waals surface area contributed by atoms with Crippen LogP contribution >= 0.6 is 0 Å². The highest BCUT2D eigenvalue weighted by atomic mass is 16.5. The SMILES string of the molecule is C=C/C(=C\CCN)Oc1ccnc(-c2cc(C(=O)N3CCC(CC(=O)O)CC3)c[nH]2)c1. The van der Waals surface area contributed by atoms with E-state index in [1.165, 1.54) is 0 Å². The zero-order valence-electron chi connectivity index (χ0n) is 17.4. The number of nitrogens with zero attached hydrogens (tertiary/aromatic N) is 2. The first-order chi connectivity index (χ1) is 15.0. The molecule has 8 nitrogen and oxygen atoms in total. The molecule has 1 fully saturated rings. The minimum Gasteiger partial charge on any atom is -0.481 e. The molecule has 0 atom stereocenters. The molecule has 0 saturated carbocycles. The molecule has 3 heterocycles. The largest absolute Gasteiger partial charge is 0.481 e. The van der Waals surface area contributed by atoms with Gasteiger partial charge in [-0.05, 0) is 56.0 Å². The quantitative estimate of drug-likeness (QED) is 0.420. The van der Waals surface area contributed by atoms with Crippen LogP contribution in [0.2, 0.25) is 0 Å². The summed E-state index contributed by atoms with van der Waals surface area (Å²) in [5.74, 6) is 0.512. The summed E-state index contributed by atoms with van der Waals surface area (Å²) in [5.41, 5.74) is 7.44. The zero-order chi connectivity index (χ0) is 22.2. The minimum absolute atomic E-state index is 0.0673. The predicted octanol–water partition coefficient (Wildman–Crippen LogP) is 3.20. The number of carboxylic acids is 1. The van der Waals surface area contributed by atoms with Crippen molar-refractivity contribution in [1.82, 2.24) is 14.9 Å². The van der Waals surface area contributed by atoms with Crippen LogP contribution in [0, 0.1) is 5.92 Å². The van der Waals surface area contributed by atoms with E-state index in [9.17, 15) is 9.59 Å². The van der Waals surface area contributed by atoms with Crippen molar-refractivity contribution in [3.05, 3.63) is 60.6 Å². The maximum absolute atomic E-state index is 12.8. The van der Waals surface area contributed by atoms with Crippen molar-refractivity contribution in [2.24, 2.45) is 11.7 Å². The molecule has 2 aromatic rings. The lowest BCUT2D eigenvalue weighted by Crippen LogP contribution is -2.38. The van der Waals surface area contributed by atoms with Crippen LogP contribution in [0.3, 0.4) is 0 Å². The number of likely N-dealkylation sites (tertiary alicyclic amines) is 1. The van der Waals surface area contributed by atoms with Gasteiger partial charge >= 0.3 is 5.97 Å². The Kier molecular flexibility index (Phi) is 7.61. The fourth-order valence-corrected chi connectivity index (χ4v) is 3.59. The predicted molar refractivity (Wildman–Crippen MR) is 117 cm³/mol. The van der Waals surface area contributed by atoms with E-state index in [1.807, 2.05) is 6.08 Å². The van der Waals surface area contributed by atoms with Crippen molar-refractivity contribution in [2.45, 2.75) is 25.7 Å². The maximum Gasteiger partial charge on any atom is 0.303 e. The van der Waals surface area contributed by atoms with Crippen molar-refractivity contribution in [3.8, 4) is 17.1 Å². The molecule has 0 bridgehead atoms. The number of nitrogens with two attached hydrogens (primary N) is 1. The number of H-pyrrole nitrogens is 1. The summed E-state index contributed by atoms with van der Waals surface area (Å²) in [5, 5.41) is 8.94. The molecule has 3 rings (SSSR count). The highest BCUT2D eigenvalue weighted by molar-refractivity contribution is 5.95. The standard InChI is InChI=1S/C23H28N4O4/c1-2-18(4-3-8-24)31-19-5-9-25-21(14-19)20-13-17(15-26-20)23(30)27-10-6-16(7-11-27)12-22(28)29/h2,4-5,9,13-16,26H,1,3,6-8,10-12,24H2,(H,28,29)/b18-4+. The average molecular weight is 425 g/mol. The van der Waals surface area contributed by atoms with Crippen molar-refractivity contribution < 1.29 is 19.4 Å². The van der Waals surface area contributed by atoms with Crippen molar-refractivity contribution in [3.63, 3.8) is 0 Å². The Hall–Kier alpha value is -3.39. The minimum atomic E-state index is -0.783. The Morgan fingerprint density at radius 1 is 1.35 bits per heavy atom. The second-order valence-corrected chi connectivity index (χ2v) is 7.50. The molecular weight excluding hydrogens is 396 g/mol. The molecule has 4 N–H and O–H groups in total. The molecule has 2 aromatic heterocycles. The van der Waals surface area contributed by atoms with Gasteiger partial charge in [-0.25, -0.2) is 0 Å². The number of nitrogens with one attached hydrogen (secondary N) is 1. The number of aromatic amines is 1. The van der Waals surface area contributed by atoms with Crippen LogP contribution in [-0.2, 0) is 4.79 Å². The first-order valence-corrected chi connectivity index (χ1v) is 10.4. The van der Waals surface area contributed by atoms with Gasteiger partial charge in [0.15, 0.2) is 0 Å². The monoisotopic (exact) mass is 424 g/mol. The number of amides is 1. The average Bonchev–Trinajstić information content (AvgIpc) is 3.27. The Balaban J connectivity index is 1.66. The third-order valence-electron chi connectivity index (χ3n) is 5.25. The molecule has 0 radical (unpaired) electrons. The second kappa shape index (κ2) is 10.6. The van der Waals surface area contributed by atoms with Crippen LogP contribution in [0.15, 0.2) is 55.1 Å². The van der Waals surface area contributed by atoms with Gasteiger partial charge in [0.25, 0.3) is 5.91 Å². The third-order valence-corrected chi connectivity index (χ3v) is 5.25. The lowest BCUT2D eigenvalue weighted by atomic mass is 9.93. The summed E-state index contributed by atoms with van der Waals surface area (Å²) in [6.45, 7) is 5.41. The zero-order valence-corrected chi connectivity index (χ0v) is 17.4. The highest BCUT2D eigenvalue weighted by Crippen LogP contribution is 2.25. The number of carbonyl (C=O) groups excluding carboxylic acids is 1. The first-order valence-electron chi connectivity index (χ1n) is 10.4. The van der Waals surface area contributed by atoms with E-state index in [1.54, 1.807) is 41.6 Å². The molecule has 31 heavy (non-hydrogen) atoms. The summed E-state index contributed by atoms with van der Waals surface area (Å²) in [6, 6.07) is 5.31. The van der Waals surface area contributed by atoms with E-state index in [0.29, 0.717) is 67.4 Å². The molecule has 0 unspecified atom stereocenters. The molecule has 1 aliphatic heterocycles. The van der Waals surface area contributed by atoms with Crippen LogP contribution in [0.1, 0.15) is 36.0 Å². The third kappa shape index (κ3) is 6.05. The number of rotatable bonds is 9. The van der Waals surface area contributed by atoms with E-state index >= 15 is 0 Å². The van der Waals surface area contributed by atoms with Gasteiger partial charge in [-0.15, -0.1) is 0 Å². The van der Waals surface area contributed by atoms with Gasteiger partial charge in [0.1, 0.15) is 11.5 Å². The second-order valence-electron chi connectivity index (χ2n) is 7.50. The molecule has 1 aliphatic rings. The molecule has 164 valence electrons. The Morgan fingerprint density at radius 2 is 2.13 bits per heavy atom. The van der Waals surface area contributed by atoms with Crippen LogP contribution < -0.4 is 10.5 Å². The molecule has 1 saturated heterocycles. The number of aromatic nitrogens is 2. The van der Waals surface area contributed by atoms with Gasteiger partial charge in [-0.2, -0.15) is 0 Å². The fraction of sp³-hybridized carbons (Fsp3) is 0.348. The number of hydrogen-bond donors (Lipinski definition) is 3. The number of carboxylic acid groups (broad SMARTS) is 1. The number of ether oxygens (including phenoxy) is 1. The molecule has 0 aliphatic carbocycles. The normalized spacial score (nSPS) is 15.0. The first kappa shape index (κ1) is 22.3. The Labute approximate surface area is 181 Å². The number of pyridine rings is 1.